The quantitative estimate of drug-likeness (QED) is 0.590. The van der Waals surface area contributed by atoms with Crippen molar-refractivity contribution in [3.8, 4) is 0 Å². The van der Waals surface area contributed by atoms with Gasteiger partial charge in [-0.3, -0.25) is 4.90 Å². The largest absolute Gasteiger partial charge is 0.395 e. The molecule has 194 valence electrons. The highest BCUT2D eigenvalue weighted by Gasteiger charge is 2.38. The van der Waals surface area contributed by atoms with E-state index in [1.54, 1.807) is 29.6 Å². The van der Waals surface area contributed by atoms with Crippen molar-refractivity contribution in [3.63, 3.8) is 0 Å². The van der Waals surface area contributed by atoms with Crippen LogP contribution in [0.25, 0.3) is 0 Å². The fraction of sp³-hybridized carbons (Fsp3) is 0.565. The van der Waals surface area contributed by atoms with Gasteiger partial charge in [-0.25, -0.2) is 8.42 Å². The molecule has 0 aliphatic carbocycles. The second kappa shape index (κ2) is 10.7. The molecular formula is C23H30F3N3O4S2. The lowest BCUT2D eigenvalue weighted by molar-refractivity contribution is -0.146. The van der Waals surface area contributed by atoms with Crippen LogP contribution in [0.2, 0.25) is 0 Å². The molecule has 3 unspecified atom stereocenters. The number of piperazine rings is 1. The number of anilines is 1. The van der Waals surface area contributed by atoms with Gasteiger partial charge >= 0.3 is 6.18 Å². The first kappa shape index (κ1) is 26.4. The number of halogens is 3. The second-order valence-electron chi connectivity index (χ2n) is 8.93. The monoisotopic (exact) mass is 533 g/mol. The molecule has 1 aromatic heterocycles. The number of morpholine rings is 1. The van der Waals surface area contributed by atoms with Gasteiger partial charge in [0.25, 0.3) is 10.0 Å². The lowest BCUT2D eigenvalue weighted by Crippen LogP contribution is -2.59. The summed E-state index contributed by atoms with van der Waals surface area (Å²) in [6.45, 7) is 4.18. The molecule has 0 spiro atoms. The fourth-order valence-electron chi connectivity index (χ4n) is 4.58. The van der Waals surface area contributed by atoms with Crippen LogP contribution in [0.5, 0.6) is 0 Å². The number of rotatable bonds is 7. The number of hydrogen-bond donors (Lipinski definition) is 1. The third-order valence-electron chi connectivity index (χ3n) is 6.65. The molecule has 3 atom stereocenters. The van der Waals surface area contributed by atoms with Gasteiger partial charge in [0.2, 0.25) is 0 Å². The Labute approximate surface area is 207 Å². The summed E-state index contributed by atoms with van der Waals surface area (Å²) in [6, 6.07) is 9.44. The third-order valence-corrected chi connectivity index (χ3v) is 9.88. The topological polar surface area (TPSA) is 73.3 Å². The molecule has 2 aliphatic rings. The van der Waals surface area contributed by atoms with Gasteiger partial charge in [-0.05, 0) is 36.1 Å². The van der Waals surface area contributed by atoms with Crippen molar-refractivity contribution in [3.05, 3.63) is 47.3 Å². The van der Waals surface area contributed by atoms with E-state index in [4.69, 9.17) is 4.74 Å². The van der Waals surface area contributed by atoms with E-state index in [0.717, 1.165) is 12.6 Å². The van der Waals surface area contributed by atoms with Crippen molar-refractivity contribution in [2.45, 2.75) is 35.4 Å². The maximum absolute atomic E-state index is 13.2. The van der Waals surface area contributed by atoms with E-state index in [1.807, 2.05) is 0 Å². The first-order chi connectivity index (χ1) is 16.6. The van der Waals surface area contributed by atoms with Crippen LogP contribution in [0.4, 0.5) is 18.9 Å². The van der Waals surface area contributed by atoms with E-state index in [1.165, 1.54) is 27.8 Å². The number of alkyl halides is 3. The average molecular weight is 534 g/mol. The highest BCUT2D eigenvalue weighted by atomic mass is 32.2. The summed E-state index contributed by atoms with van der Waals surface area (Å²) in [5.41, 5.74) is 0.948. The molecule has 0 amide bonds. The first-order valence-electron chi connectivity index (χ1n) is 11.5. The first-order valence-corrected chi connectivity index (χ1v) is 13.8. The zero-order valence-corrected chi connectivity index (χ0v) is 21.0. The number of hydrogen-bond acceptors (Lipinski definition) is 7. The maximum atomic E-state index is 13.2. The molecule has 0 radical (unpaired) electrons. The molecule has 1 aromatic carbocycles. The number of nitrogens with zero attached hydrogens (tertiary/aromatic N) is 3. The van der Waals surface area contributed by atoms with Crippen LogP contribution < -0.4 is 4.90 Å². The molecule has 3 heterocycles. The smallest absolute Gasteiger partial charge is 0.394 e. The molecule has 4 rings (SSSR count). The molecule has 2 saturated heterocycles. The highest BCUT2D eigenvalue weighted by Crippen LogP contribution is 2.35. The van der Waals surface area contributed by atoms with Gasteiger partial charge in [0, 0.05) is 45.0 Å². The fourth-order valence-corrected chi connectivity index (χ4v) is 7.19. The van der Waals surface area contributed by atoms with Crippen LogP contribution in [0, 0.1) is 0 Å². The van der Waals surface area contributed by atoms with Gasteiger partial charge in [0.15, 0.2) is 0 Å². The van der Waals surface area contributed by atoms with Crippen molar-refractivity contribution in [1.82, 2.24) is 9.21 Å². The van der Waals surface area contributed by atoms with Gasteiger partial charge in [-0.1, -0.05) is 18.2 Å². The SMILES string of the molecule is CC(c1ccc(N2CCN(S(=O)(=O)c3cccs3)CC2CN2CCOC(CO)C2)cc1)C(F)(F)F. The Hall–Kier alpha value is -1.70. The predicted molar refractivity (Wildman–Crippen MR) is 128 cm³/mol. The zero-order valence-electron chi connectivity index (χ0n) is 19.4. The zero-order chi connectivity index (χ0) is 25.2. The molecule has 2 aromatic rings. The summed E-state index contributed by atoms with van der Waals surface area (Å²) in [7, 11) is -3.63. The van der Waals surface area contributed by atoms with Crippen LogP contribution >= 0.6 is 11.3 Å². The predicted octanol–water partition coefficient (Wildman–Crippen LogP) is 2.99. The molecule has 2 aliphatic heterocycles. The van der Waals surface area contributed by atoms with E-state index in [2.05, 4.69) is 9.80 Å². The number of aliphatic hydroxyl groups excluding tert-OH is 1. The second-order valence-corrected chi connectivity index (χ2v) is 12.0. The van der Waals surface area contributed by atoms with Crippen LogP contribution in [0.3, 0.4) is 0 Å². The third kappa shape index (κ3) is 6.00. The number of ether oxygens (including phenoxy) is 1. The minimum atomic E-state index is -4.31. The van der Waals surface area contributed by atoms with Gasteiger partial charge in [-0.15, -0.1) is 11.3 Å². The molecule has 35 heavy (non-hydrogen) atoms. The molecule has 12 heteroatoms. The van der Waals surface area contributed by atoms with Gasteiger partial charge in [0.05, 0.1) is 31.3 Å². The summed E-state index contributed by atoms with van der Waals surface area (Å²) >= 11 is 1.18. The Morgan fingerprint density at radius 1 is 1.14 bits per heavy atom. The van der Waals surface area contributed by atoms with E-state index >= 15 is 0 Å². The molecule has 7 nitrogen and oxygen atoms in total. The minimum absolute atomic E-state index is 0.0946. The summed E-state index contributed by atoms with van der Waals surface area (Å²) in [4.78, 5) is 4.22. The van der Waals surface area contributed by atoms with E-state index < -0.39 is 22.1 Å². The van der Waals surface area contributed by atoms with Crippen molar-refractivity contribution in [2.24, 2.45) is 0 Å². The molecular weight excluding hydrogens is 503 g/mol. The number of benzene rings is 1. The molecule has 1 N–H and O–H groups in total. The Kier molecular flexibility index (Phi) is 8.08. The Bertz CT molecular complexity index is 1060. The average Bonchev–Trinajstić information content (AvgIpc) is 3.39. The summed E-state index contributed by atoms with van der Waals surface area (Å²) < 4.78 is 73.1. The lowest BCUT2D eigenvalue weighted by atomic mass is 10.00. The van der Waals surface area contributed by atoms with Crippen molar-refractivity contribution >= 4 is 27.0 Å². The highest BCUT2D eigenvalue weighted by molar-refractivity contribution is 7.91. The van der Waals surface area contributed by atoms with Gasteiger partial charge in [0.1, 0.15) is 4.21 Å². The summed E-state index contributed by atoms with van der Waals surface area (Å²) in [5.74, 6) is -1.57. The van der Waals surface area contributed by atoms with Crippen molar-refractivity contribution in [1.29, 1.82) is 0 Å². The molecule has 0 bridgehead atoms. The van der Waals surface area contributed by atoms with E-state index in [9.17, 15) is 26.7 Å². The van der Waals surface area contributed by atoms with Crippen LogP contribution in [0.15, 0.2) is 46.0 Å². The van der Waals surface area contributed by atoms with Crippen molar-refractivity contribution in [2.75, 3.05) is 57.4 Å². The Balaban J connectivity index is 1.56. The minimum Gasteiger partial charge on any atom is -0.394 e. The summed E-state index contributed by atoms with van der Waals surface area (Å²) in [6.07, 6.45) is -4.61. The number of sulfonamides is 1. The number of thiophene rings is 1. The standard InChI is InChI=1S/C23H30F3N3O4S2/c1-17(23(24,25)26)18-4-6-19(7-5-18)29-9-8-28(35(31,32)22-3-2-12-34-22)14-20(29)13-27-10-11-33-21(15-27)16-30/h2-7,12,17,20-21,30H,8-11,13-16H2,1H3. The van der Waals surface area contributed by atoms with Gasteiger partial charge in [-0.2, -0.15) is 17.5 Å². The lowest BCUT2D eigenvalue weighted by Gasteiger charge is -2.45. The maximum Gasteiger partial charge on any atom is 0.395 e. The van der Waals surface area contributed by atoms with Crippen LogP contribution in [0.1, 0.15) is 18.4 Å². The van der Waals surface area contributed by atoms with Crippen LogP contribution in [-0.2, 0) is 14.8 Å². The Morgan fingerprint density at radius 2 is 1.89 bits per heavy atom. The van der Waals surface area contributed by atoms with Crippen molar-refractivity contribution < 1.29 is 31.4 Å². The van der Waals surface area contributed by atoms with Crippen LogP contribution in [-0.4, -0.2) is 93.5 Å². The van der Waals surface area contributed by atoms with Gasteiger partial charge < -0.3 is 14.7 Å². The molecule has 2 fully saturated rings. The van der Waals surface area contributed by atoms with E-state index in [-0.39, 0.29) is 37.4 Å². The van der Waals surface area contributed by atoms with E-state index in [0.29, 0.717) is 37.0 Å². The normalized spacial score (nSPS) is 24.0. The molecule has 0 saturated carbocycles. The summed E-state index contributed by atoms with van der Waals surface area (Å²) in [5, 5.41) is 11.2. The number of aliphatic hydroxyl groups is 1. The Morgan fingerprint density at radius 3 is 2.51 bits per heavy atom.